The number of carboxylic acids is 1. The first-order chi connectivity index (χ1) is 2.64. The van der Waals surface area contributed by atoms with E-state index in [4.69, 9.17) is 0 Å². The molecule has 0 bridgehead atoms. The van der Waals surface area contributed by atoms with Crippen LogP contribution in [0.4, 0.5) is 0 Å². The largest absolute Gasteiger partial charge is 3.00 e. The van der Waals surface area contributed by atoms with E-state index < -0.39 is 5.97 Å². The van der Waals surface area contributed by atoms with Crippen molar-refractivity contribution in [3.8, 4) is 0 Å². The molecule has 0 atom stereocenters. The zero-order valence-electron chi connectivity index (χ0n) is 4.43. The van der Waals surface area contributed by atoms with E-state index >= 15 is 0 Å². The van der Waals surface area contributed by atoms with Gasteiger partial charge in [-0.15, -0.1) is 0 Å². The molecule has 8 heavy (non-hydrogen) atoms. The first-order valence-electron chi connectivity index (χ1n) is 1.51. The zero-order chi connectivity index (χ0) is 5.15. The SMILES string of the molecule is C=C(C)C(=O)[O-].[O-2].[Ti+3]. The molecular formula is C4H5O3Ti. The van der Waals surface area contributed by atoms with Crippen LogP contribution >= 0.6 is 0 Å². The minimum atomic E-state index is -1.19. The van der Waals surface area contributed by atoms with Crippen molar-refractivity contribution in [3.63, 3.8) is 0 Å². The Morgan fingerprint density at radius 1 is 1.62 bits per heavy atom. The fourth-order valence-corrected chi connectivity index (χ4v) is 0. The molecule has 0 aromatic heterocycles. The van der Waals surface area contributed by atoms with Crippen LogP contribution in [0.5, 0.6) is 0 Å². The van der Waals surface area contributed by atoms with E-state index in [1.54, 1.807) is 0 Å². The molecule has 1 radical (unpaired) electrons. The van der Waals surface area contributed by atoms with Gasteiger partial charge in [-0.1, -0.05) is 6.58 Å². The molecule has 0 aliphatic heterocycles. The summed E-state index contributed by atoms with van der Waals surface area (Å²) in [7, 11) is 0. The Labute approximate surface area is 62.6 Å². The van der Waals surface area contributed by atoms with E-state index in [2.05, 4.69) is 6.58 Å². The Balaban J connectivity index is -0.000000125. The first-order valence-corrected chi connectivity index (χ1v) is 1.51. The van der Waals surface area contributed by atoms with Crippen LogP contribution in [0.25, 0.3) is 0 Å². The standard InChI is InChI=1S/C4H6O2.O.Ti/c1-3(2)4(5)6;;/h1H2,2H3,(H,5,6);;/q;-2;+3/p-1. The Kier molecular flexibility index (Phi) is 13.5. The van der Waals surface area contributed by atoms with Gasteiger partial charge < -0.3 is 15.4 Å². The van der Waals surface area contributed by atoms with Gasteiger partial charge in [-0.3, -0.25) is 0 Å². The Hall–Kier alpha value is -0.116. The summed E-state index contributed by atoms with van der Waals surface area (Å²) in [5.74, 6) is -1.19. The maximum absolute atomic E-state index is 9.49. The van der Waals surface area contributed by atoms with Crippen molar-refractivity contribution in [1.82, 2.24) is 0 Å². The monoisotopic (exact) mass is 149 g/mol. The second kappa shape index (κ2) is 6.88. The van der Waals surface area contributed by atoms with Crippen molar-refractivity contribution in [3.05, 3.63) is 12.2 Å². The van der Waals surface area contributed by atoms with Gasteiger partial charge in [0, 0.05) is 0 Å². The summed E-state index contributed by atoms with van der Waals surface area (Å²) in [6, 6.07) is 0. The fourth-order valence-electron chi connectivity index (χ4n) is 0. The van der Waals surface area contributed by atoms with Crippen LogP contribution in [0.3, 0.4) is 0 Å². The summed E-state index contributed by atoms with van der Waals surface area (Å²) in [5, 5.41) is 9.49. The van der Waals surface area contributed by atoms with Crippen LogP contribution in [0.2, 0.25) is 0 Å². The van der Waals surface area contributed by atoms with Crippen LogP contribution in [-0.2, 0) is 32.0 Å². The molecule has 4 heteroatoms. The van der Waals surface area contributed by atoms with Gasteiger partial charge in [0.2, 0.25) is 0 Å². The van der Waals surface area contributed by atoms with Crippen molar-refractivity contribution in [1.29, 1.82) is 0 Å². The zero-order valence-corrected chi connectivity index (χ0v) is 5.99. The summed E-state index contributed by atoms with van der Waals surface area (Å²) in [6.07, 6.45) is 0. The van der Waals surface area contributed by atoms with Gasteiger partial charge in [0.25, 0.3) is 0 Å². The molecule has 3 nitrogen and oxygen atoms in total. The molecule has 0 aromatic rings. The topological polar surface area (TPSA) is 68.6 Å². The smallest absolute Gasteiger partial charge is 2.00 e. The number of carboxylic acid groups (broad SMARTS) is 1. The van der Waals surface area contributed by atoms with Gasteiger partial charge in [-0.2, -0.15) is 0 Å². The molecule has 0 spiro atoms. The summed E-state index contributed by atoms with van der Waals surface area (Å²) in [5.41, 5.74) is 0.0648. The molecule has 0 N–H and O–H groups in total. The molecule has 0 fully saturated rings. The van der Waals surface area contributed by atoms with Gasteiger partial charge in [-0.25, -0.2) is 0 Å². The summed E-state index contributed by atoms with van der Waals surface area (Å²) < 4.78 is 0. The van der Waals surface area contributed by atoms with Crippen molar-refractivity contribution < 1.29 is 37.1 Å². The van der Waals surface area contributed by atoms with Crippen LogP contribution in [-0.4, -0.2) is 5.97 Å². The van der Waals surface area contributed by atoms with E-state index in [-0.39, 0.29) is 32.8 Å². The summed E-state index contributed by atoms with van der Waals surface area (Å²) >= 11 is 0. The number of carbonyl (C=O) groups excluding carboxylic acids is 1. The van der Waals surface area contributed by atoms with Crippen LogP contribution in [0.1, 0.15) is 6.92 Å². The quantitative estimate of drug-likeness (QED) is 0.361. The van der Waals surface area contributed by atoms with Gasteiger partial charge in [-0.05, 0) is 12.5 Å². The molecule has 0 rings (SSSR count). The molecule has 0 unspecified atom stereocenters. The number of rotatable bonds is 1. The molecule has 0 heterocycles. The Morgan fingerprint density at radius 2 is 1.75 bits per heavy atom. The number of carbonyl (C=O) groups is 1. The maximum atomic E-state index is 9.49. The van der Waals surface area contributed by atoms with Crippen molar-refractivity contribution in [2.45, 2.75) is 6.92 Å². The molecular weight excluding hydrogens is 144 g/mol. The number of hydrogen-bond acceptors (Lipinski definition) is 2. The predicted molar refractivity (Wildman–Crippen MR) is 20.5 cm³/mol. The van der Waals surface area contributed by atoms with E-state index in [1.165, 1.54) is 6.92 Å². The molecule has 0 aliphatic carbocycles. The minimum Gasteiger partial charge on any atom is -2.00 e. The molecule has 0 aliphatic rings. The van der Waals surface area contributed by atoms with Crippen LogP contribution in [0.15, 0.2) is 12.2 Å². The third-order valence-corrected chi connectivity index (χ3v) is 0.348. The van der Waals surface area contributed by atoms with E-state index in [9.17, 15) is 9.90 Å². The molecule has 0 aromatic carbocycles. The Bertz CT molecular complexity index is 77.3. The number of hydrogen-bond donors (Lipinski definition) is 0. The first kappa shape index (κ1) is 15.7. The van der Waals surface area contributed by atoms with Crippen molar-refractivity contribution >= 4 is 5.97 Å². The van der Waals surface area contributed by atoms with E-state index in [0.29, 0.717) is 0 Å². The fraction of sp³-hybridized carbons (Fsp3) is 0.250. The second-order valence-corrected chi connectivity index (χ2v) is 1.07. The average molecular weight is 149 g/mol. The van der Waals surface area contributed by atoms with E-state index in [0.717, 1.165) is 0 Å². The average Bonchev–Trinajstić information content (AvgIpc) is 1.36. The third kappa shape index (κ3) is 9.30. The van der Waals surface area contributed by atoms with Crippen molar-refractivity contribution in [2.75, 3.05) is 0 Å². The molecule has 43 valence electrons. The van der Waals surface area contributed by atoms with Crippen LogP contribution in [0, 0.1) is 0 Å². The normalized spacial score (nSPS) is 5.62. The number of aliphatic carboxylic acids is 1. The predicted octanol–water partition coefficient (Wildman–Crippen LogP) is -0.809. The minimum absolute atomic E-state index is 0. The summed E-state index contributed by atoms with van der Waals surface area (Å²) in [4.78, 5) is 9.49. The van der Waals surface area contributed by atoms with Gasteiger partial charge >= 0.3 is 21.7 Å². The Morgan fingerprint density at radius 3 is 1.75 bits per heavy atom. The third-order valence-electron chi connectivity index (χ3n) is 0.348. The second-order valence-electron chi connectivity index (χ2n) is 1.07. The van der Waals surface area contributed by atoms with Gasteiger partial charge in [0.15, 0.2) is 0 Å². The summed E-state index contributed by atoms with van der Waals surface area (Å²) in [6.45, 7) is 4.48. The molecule has 0 saturated carbocycles. The van der Waals surface area contributed by atoms with Crippen molar-refractivity contribution in [2.24, 2.45) is 0 Å². The van der Waals surface area contributed by atoms with E-state index in [1.807, 2.05) is 0 Å². The van der Waals surface area contributed by atoms with Gasteiger partial charge in [0.1, 0.15) is 0 Å². The van der Waals surface area contributed by atoms with Gasteiger partial charge in [0.05, 0.1) is 5.97 Å². The molecule has 0 amide bonds. The molecule has 0 saturated heterocycles. The van der Waals surface area contributed by atoms with Crippen LogP contribution < -0.4 is 5.11 Å². The maximum Gasteiger partial charge on any atom is 3.00 e.